The fraction of sp³-hybridized carbons (Fsp3) is 1.00. The van der Waals surface area contributed by atoms with Crippen molar-refractivity contribution in [3.05, 3.63) is 0 Å². The molecule has 0 unspecified atom stereocenters. The molecule has 0 amide bonds. The SMILES string of the molecule is CO[C@H]1O[C@H](CO)[C@@H](O)[C@H](O[C@H]2O[C@@H](C)[C@@H](O)[C@@H](O)[C@@H]2O)[C@H]1O. The first-order valence-electron chi connectivity index (χ1n) is 7.32. The monoisotopic (exact) mass is 340 g/mol. The van der Waals surface area contributed by atoms with Crippen LogP contribution in [0, 0.1) is 0 Å². The molecule has 0 aromatic rings. The number of hydrogen-bond donors (Lipinski definition) is 6. The average molecular weight is 340 g/mol. The topological polar surface area (TPSA) is 158 Å². The molecule has 6 N–H and O–H groups in total. The second-order valence-corrected chi connectivity index (χ2v) is 5.72. The minimum Gasteiger partial charge on any atom is -0.394 e. The molecule has 10 heteroatoms. The van der Waals surface area contributed by atoms with Gasteiger partial charge in [0.05, 0.1) is 12.7 Å². The van der Waals surface area contributed by atoms with Crippen molar-refractivity contribution in [2.75, 3.05) is 13.7 Å². The Bertz CT molecular complexity index is 366. The Hall–Kier alpha value is -0.400. The Kier molecular flexibility index (Phi) is 6.30. The van der Waals surface area contributed by atoms with Gasteiger partial charge in [-0.2, -0.15) is 0 Å². The van der Waals surface area contributed by atoms with E-state index in [4.69, 9.17) is 18.9 Å². The zero-order chi connectivity index (χ0) is 17.3. The van der Waals surface area contributed by atoms with Crippen LogP contribution in [0.3, 0.4) is 0 Å². The van der Waals surface area contributed by atoms with Crippen molar-refractivity contribution in [1.29, 1.82) is 0 Å². The van der Waals surface area contributed by atoms with Gasteiger partial charge >= 0.3 is 0 Å². The maximum atomic E-state index is 10.1. The predicted octanol–water partition coefficient (Wildman–Crippen LogP) is -3.72. The average Bonchev–Trinajstić information content (AvgIpc) is 2.54. The van der Waals surface area contributed by atoms with E-state index in [2.05, 4.69) is 0 Å². The van der Waals surface area contributed by atoms with E-state index >= 15 is 0 Å². The smallest absolute Gasteiger partial charge is 0.187 e. The third-order valence-electron chi connectivity index (χ3n) is 4.15. The van der Waals surface area contributed by atoms with Gasteiger partial charge < -0.3 is 49.6 Å². The molecule has 2 saturated heterocycles. The lowest BCUT2D eigenvalue weighted by Gasteiger charge is -2.45. The summed E-state index contributed by atoms with van der Waals surface area (Å²) in [6.45, 7) is 0.931. The Morgan fingerprint density at radius 1 is 0.826 bits per heavy atom. The number of hydrogen-bond acceptors (Lipinski definition) is 10. The molecule has 0 saturated carbocycles. The lowest BCUT2D eigenvalue weighted by atomic mass is 9.97. The number of aliphatic hydroxyl groups is 6. The summed E-state index contributed by atoms with van der Waals surface area (Å²) >= 11 is 0. The summed E-state index contributed by atoms with van der Waals surface area (Å²) in [6.07, 6.45) is -13.0. The third kappa shape index (κ3) is 3.66. The zero-order valence-corrected chi connectivity index (χ0v) is 12.8. The number of methoxy groups -OCH3 is 1. The van der Waals surface area contributed by atoms with Crippen LogP contribution in [0.1, 0.15) is 6.92 Å². The van der Waals surface area contributed by atoms with E-state index in [0.717, 1.165) is 0 Å². The second kappa shape index (κ2) is 7.66. The van der Waals surface area contributed by atoms with Gasteiger partial charge in [-0.05, 0) is 6.92 Å². The Labute approximate surface area is 132 Å². The highest BCUT2D eigenvalue weighted by atomic mass is 16.7. The van der Waals surface area contributed by atoms with Crippen LogP contribution in [0.4, 0.5) is 0 Å². The van der Waals surface area contributed by atoms with Gasteiger partial charge in [0.2, 0.25) is 0 Å². The molecule has 2 aliphatic rings. The van der Waals surface area contributed by atoms with Gasteiger partial charge in [-0.3, -0.25) is 0 Å². The molecular formula is C13H24O10. The van der Waals surface area contributed by atoms with Gasteiger partial charge in [0.15, 0.2) is 12.6 Å². The lowest BCUT2D eigenvalue weighted by molar-refractivity contribution is -0.355. The normalized spacial score (nSPS) is 51.7. The second-order valence-electron chi connectivity index (χ2n) is 5.72. The van der Waals surface area contributed by atoms with E-state index in [9.17, 15) is 30.6 Å². The Balaban J connectivity index is 2.12. The summed E-state index contributed by atoms with van der Waals surface area (Å²) in [5.74, 6) is 0. The van der Waals surface area contributed by atoms with Crippen molar-refractivity contribution in [3.8, 4) is 0 Å². The highest BCUT2D eigenvalue weighted by Gasteiger charge is 2.50. The molecule has 136 valence electrons. The minimum absolute atomic E-state index is 0.542. The van der Waals surface area contributed by atoms with Crippen LogP contribution in [0.2, 0.25) is 0 Å². The van der Waals surface area contributed by atoms with Gasteiger partial charge in [0.1, 0.15) is 42.7 Å². The molecule has 0 aromatic heterocycles. The first-order valence-corrected chi connectivity index (χ1v) is 7.32. The van der Waals surface area contributed by atoms with Crippen LogP contribution in [-0.2, 0) is 18.9 Å². The molecule has 0 radical (unpaired) electrons. The molecule has 10 atom stereocenters. The number of aliphatic hydroxyl groups excluding tert-OH is 6. The fourth-order valence-corrected chi connectivity index (χ4v) is 2.69. The van der Waals surface area contributed by atoms with Crippen LogP contribution in [0.15, 0.2) is 0 Å². The molecule has 2 rings (SSSR count). The number of ether oxygens (including phenoxy) is 4. The van der Waals surface area contributed by atoms with Gasteiger partial charge in [-0.1, -0.05) is 0 Å². The molecular weight excluding hydrogens is 316 g/mol. The van der Waals surface area contributed by atoms with E-state index in [0.29, 0.717) is 0 Å². The van der Waals surface area contributed by atoms with Crippen molar-refractivity contribution in [2.45, 2.75) is 68.3 Å². The molecule has 2 aliphatic heterocycles. The summed E-state index contributed by atoms with van der Waals surface area (Å²) in [6, 6.07) is 0. The standard InChI is InChI=1S/C13H24O10/c1-4-6(15)8(17)9(18)13(21-4)23-11-7(16)5(3-14)22-12(20-2)10(11)19/h4-19H,3H2,1-2H3/t4-,5+,6+,7+,8+,9-,10+,11-,12-,13+/m0/s1. The first-order chi connectivity index (χ1) is 10.8. The van der Waals surface area contributed by atoms with Crippen molar-refractivity contribution in [2.24, 2.45) is 0 Å². The van der Waals surface area contributed by atoms with E-state index in [1.165, 1.54) is 14.0 Å². The lowest BCUT2D eigenvalue weighted by Crippen LogP contribution is -2.64. The van der Waals surface area contributed by atoms with Crippen molar-refractivity contribution >= 4 is 0 Å². The van der Waals surface area contributed by atoms with Gasteiger partial charge in [-0.15, -0.1) is 0 Å². The van der Waals surface area contributed by atoms with Gasteiger partial charge in [0.25, 0.3) is 0 Å². The Morgan fingerprint density at radius 3 is 2.04 bits per heavy atom. The van der Waals surface area contributed by atoms with E-state index < -0.39 is 68.0 Å². The minimum atomic E-state index is -1.59. The molecule has 0 aromatic carbocycles. The first kappa shape index (κ1) is 18.9. The van der Waals surface area contributed by atoms with E-state index in [1.54, 1.807) is 0 Å². The largest absolute Gasteiger partial charge is 0.394 e. The Morgan fingerprint density at radius 2 is 1.48 bits per heavy atom. The van der Waals surface area contributed by atoms with Crippen molar-refractivity contribution in [1.82, 2.24) is 0 Å². The maximum Gasteiger partial charge on any atom is 0.187 e. The molecule has 0 spiro atoms. The van der Waals surface area contributed by atoms with Crippen molar-refractivity contribution < 1.29 is 49.6 Å². The molecule has 0 bridgehead atoms. The van der Waals surface area contributed by atoms with Gasteiger partial charge in [-0.25, -0.2) is 0 Å². The summed E-state index contributed by atoms with van der Waals surface area (Å²) < 4.78 is 20.8. The summed E-state index contributed by atoms with van der Waals surface area (Å²) in [5, 5.41) is 58.9. The molecule has 10 nitrogen and oxygen atoms in total. The zero-order valence-electron chi connectivity index (χ0n) is 12.8. The fourth-order valence-electron chi connectivity index (χ4n) is 2.69. The predicted molar refractivity (Wildman–Crippen MR) is 72.0 cm³/mol. The molecule has 2 heterocycles. The third-order valence-corrected chi connectivity index (χ3v) is 4.15. The maximum absolute atomic E-state index is 10.1. The van der Waals surface area contributed by atoms with Crippen LogP contribution in [0.5, 0.6) is 0 Å². The van der Waals surface area contributed by atoms with Gasteiger partial charge in [0, 0.05) is 7.11 Å². The van der Waals surface area contributed by atoms with Crippen LogP contribution in [-0.4, -0.2) is 106 Å². The summed E-state index contributed by atoms with van der Waals surface area (Å²) in [4.78, 5) is 0. The van der Waals surface area contributed by atoms with E-state index in [1.807, 2.05) is 0 Å². The van der Waals surface area contributed by atoms with Crippen molar-refractivity contribution in [3.63, 3.8) is 0 Å². The molecule has 0 aliphatic carbocycles. The molecule has 23 heavy (non-hydrogen) atoms. The molecule has 2 fully saturated rings. The number of rotatable bonds is 4. The summed E-state index contributed by atoms with van der Waals surface area (Å²) in [5.41, 5.74) is 0. The highest BCUT2D eigenvalue weighted by molar-refractivity contribution is 4.93. The van der Waals surface area contributed by atoms with Crippen LogP contribution in [0.25, 0.3) is 0 Å². The summed E-state index contributed by atoms with van der Waals surface area (Å²) in [7, 11) is 1.27. The highest BCUT2D eigenvalue weighted by Crippen LogP contribution is 2.29. The van der Waals surface area contributed by atoms with Crippen LogP contribution < -0.4 is 0 Å². The van der Waals surface area contributed by atoms with E-state index in [-0.39, 0.29) is 0 Å². The quantitative estimate of drug-likeness (QED) is 0.300. The van der Waals surface area contributed by atoms with Crippen LogP contribution >= 0.6 is 0 Å².